The molecule has 1 aliphatic rings. The summed E-state index contributed by atoms with van der Waals surface area (Å²) in [5.41, 5.74) is 0. The van der Waals surface area contributed by atoms with Crippen molar-refractivity contribution >= 4 is 23.2 Å². The summed E-state index contributed by atoms with van der Waals surface area (Å²) in [7, 11) is 0. The number of rotatable bonds is 0. The van der Waals surface area contributed by atoms with Crippen LogP contribution in [-0.2, 0) is 17.1 Å². The molecule has 1 aliphatic heterocycles. The first kappa shape index (κ1) is 13.5. The van der Waals surface area contributed by atoms with Crippen molar-refractivity contribution in [2.24, 2.45) is 0 Å². The molecular weight excluding hydrogens is 316 g/mol. The van der Waals surface area contributed by atoms with Gasteiger partial charge in [-0.3, -0.25) is 0 Å². The molecule has 0 aromatic rings. The zero-order valence-corrected chi connectivity index (χ0v) is 11.9. The van der Waals surface area contributed by atoms with E-state index in [4.69, 9.17) is 23.2 Å². The molecule has 0 aliphatic carbocycles. The van der Waals surface area contributed by atoms with Crippen LogP contribution in [0, 0.1) is 0 Å². The van der Waals surface area contributed by atoms with Crippen LogP contribution >= 0.6 is 23.2 Å². The molecule has 0 bridgehead atoms. The van der Waals surface area contributed by atoms with Gasteiger partial charge in [0, 0.05) is 0 Å². The van der Waals surface area contributed by atoms with E-state index in [1.807, 2.05) is 6.08 Å². The summed E-state index contributed by atoms with van der Waals surface area (Å²) in [6.07, 6.45) is 17.3. The maximum absolute atomic E-state index is 6.18. The van der Waals surface area contributed by atoms with Gasteiger partial charge in [-0.05, 0) is 0 Å². The summed E-state index contributed by atoms with van der Waals surface area (Å²) in [5, 5.41) is 1.04. The fourth-order valence-electron chi connectivity index (χ4n) is 1.19. The summed E-state index contributed by atoms with van der Waals surface area (Å²) in [6, 6.07) is 0. The second-order valence-electron chi connectivity index (χ2n) is 3.29. The molecule has 0 saturated carbocycles. The van der Waals surface area contributed by atoms with Gasteiger partial charge in [0.1, 0.15) is 0 Å². The molecule has 0 nitrogen and oxygen atoms in total. The summed E-state index contributed by atoms with van der Waals surface area (Å²) in [5.74, 6) is 0. The van der Waals surface area contributed by atoms with E-state index >= 15 is 0 Å². The monoisotopic (exact) mass is 332 g/mol. The van der Waals surface area contributed by atoms with Gasteiger partial charge in [-0.25, -0.2) is 0 Å². The first-order chi connectivity index (χ1) is 7.21. The van der Waals surface area contributed by atoms with Crippen LogP contribution in [0.15, 0.2) is 36.5 Å². The molecule has 0 N–H and O–H groups in total. The van der Waals surface area contributed by atoms with Crippen LogP contribution in [0.3, 0.4) is 0 Å². The van der Waals surface area contributed by atoms with E-state index in [0.29, 0.717) is 0 Å². The first-order valence-electron chi connectivity index (χ1n) is 5.13. The molecule has 0 aromatic carbocycles. The van der Waals surface area contributed by atoms with E-state index in [9.17, 15) is 0 Å². The van der Waals surface area contributed by atoms with Crippen LogP contribution in [0.2, 0.25) is 5.02 Å². The molecule has 0 unspecified atom stereocenters. The molecule has 1 rings (SSSR count). The van der Waals surface area contributed by atoms with Crippen molar-refractivity contribution in [3.8, 4) is 0 Å². The van der Waals surface area contributed by atoms with Gasteiger partial charge in [-0.15, -0.1) is 0 Å². The van der Waals surface area contributed by atoms with Gasteiger partial charge in [-0.2, -0.15) is 0 Å². The van der Waals surface area contributed by atoms with Gasteiger partial charge in [-0.1, -0.05) is 0 Å². The summed E-state index contributed by atoms with van der Waals surface area (Å²) >= 11 is 12.3. The molecule has 86 valence electrons. The minimum absolute atomic E-state index is 0.0203. The molecule has 1 heterocycles. The third-order valence-electron chi connectivity index (χ3n) is 1.96. The second kappa shape index (κ2) is 7.66. The Kier molecular flexibility index (Phi) is 6.89. The van der Waals surface area contributed by atoms with Crippen molar-refractivity contribution < 1.29 is 17.1 Å². The van der Waals surface area contributed by atoms with Crippen molar-refractivity contribution in [2.75, 3.05) is 0 Å². The average Bonchev–Trinajstić information content (AvgIpc) is 2.20. The van der Waals surface area contributed by atoms with E-state index in [2.05, 4.69) is 30.4 Å². The number of allylic oxidation sites excluding steroid dienone is 6. The molecule has 0 amide bonds. The standard InChI is InChI=1S/C12H16Cl2.Ru/c1-2-3-4-5-6-7-8-9-10-11-12(13)14;/h2-3,6-7,10-11H,1,4-5,8-9H2;/b3-2-,7-6+,11-10+;. The van der Waals surface area contributed by atoms with Gasteiger partial charge >= 0.3 is 110 Å². The molecule has 0 radical (unpaired) electrons. The van der Waals surface area contributed by atoms with E-state index in [1.165, 1.54) is 0 Å². The third kappa shape index (κ3) is 7.33. The quantitative estimate of drug-likeness (QED) is 0.338. The van der Waals surface area contributed by atoms with Crippen molar-refractivity contribution in [1.29, 1.82) is 0 Å². The Morgan fingerprint density at radius 3 is 2.00 bits per heavy atom. The van der Waals surface area contributed by atoms with Crippen LogP contribution in [0.5, 0.6) is 0 Å². The SMILES string of the molecule is Cl[C]1(Cl)/C=C/CC/C=C/CC/C=C\[CH2][Ru]1. The van der Waals surface area contributed by atoms with Gasteiger partial charge in [0.15, 0.2) is 0 Å². The van der Waals surface area contributed by atoms with Crippen LogP contribution in [0.1, 0.15) is 25.7 Å². The molecule has 0 saturated heterocycles. The minimum atomic E-state index is -0.602. The Balaban J connectivity index is 2.51. The molecular formula is C12H16Cl2Ru. The summed E-state index contributed by atoms with van der Waals surface area (Å²) in [4.78, 5) is 0. The zero-order chi connectivity index (χ0) is 11.0. The fraction of sp³-hybridized carbons (Fsp3) is 0.500. The van der Waals surface area contributed by atoms with Crippen molar-refractivity contribution in [3.63, 3.8) is 0 Å². The maximum atomic E-state index is 6.18. The van der Waals surface area contributed by atoms with Crippen LogP contribution in [0.4, 0.5) is 0 Å². The Hall–Kier alpha value is 0.423. The number of halogens is 2. The first-order valence-corrected chi connectivity index (χ1v) is 7.99. The van der Waals surface area contributed by atoms with E-state index in [0.717, 1.165) is 30.7 Å². The summed E-state index contributed by atoms with van der Waals surface area (Å²) in [6.45, 7) is 0. The van der Waals surface area contributed by atoms with Gasteiger partial charge in [0.05, 0.1) is 0 Å². The normalized spacial score (nSPS) is 29.7. The predicted octanol–water partition coefficient (Wildman–Crippen LogP) is 4.86. The van der Waals surface area contributed by atoms with E-state index < -0.39 is 2.93 Å². The van der Waals surface area contributed by atoms with Crippen LogP contribution in [-0.4, -0.2) is 2.93 Å². The Labute approximate surface area is 110 Å². The number of alkyl halides is 2. The van der Waals surface area contributed by atoms with Crippen LogP contribution in [0.25, 0.3) is 0 Å². The molecule has 0 aromatic heterocycles. The van der Waals surface area contributed by atoms with Crippen molar-refractivity contribution in [3.05, 3.63) is 36.5 Å². The van der Waals surface area contributed by atoms with E-state index in [1.54, 1.807) is 0 Å². The Morgan fingerprint density at radius 2 is 1.33 bits per heavy atom. The summed E-state index contributed by atoms with van der Waals surface area (Å²) < 4.78 is -0.602. The van der Waals surface area contributed by atoms with Crippen LogP contribution < -0.4 is 0 Å². The van der Waals surface area contributed by atoms with E-state index in [-0.39, 0.29) is 17.1 Å². The molecule has 0 fully saturated rings. The third-order valence-corrected chi connectivity index (χ3v) is 5.20. The molecule has 15 heavy (non-hydrogen) atoms. The molecule has 3 heteroatoms. The predicted molar refractivity (Wildman–Crippen MR) is 65.1 cm³/mol. The molecule has 0 spiro atoms. The van der Waals surface area contributed by atoms with Gasteiger partial charge in [0.25, 0.3) is 0 Å². The van der Waals surface area contributed by atoms with Crippen molar-refractivity contribution in [1.82, 2.24) is 0 Å². The Morgan fingerprint density at radius 1 is 0.800 bits per heavy atom. The fourth-order valence-corrected chi connectivity index (χ4v) is 3.39. The number of hydrogen-bond donors (Lipinski definition) is 0. The van der Waals surface area contributed by atoms with Gasteiger partial charge in [0.2, 0.25) is 0 Å². The molecule has 0 atom stereocenters. The van der Waals surface area contributed by atoms with Gasteiger partial charge < -0.3 is 0 Å². The average molecular weight is 332 g/mol. The van der Waals surface area contributed by atoms with Crippen molar-refractivity contribution in [2.45, 2.75) is 33.6 Å². The second-order valence-corrected chi connectivity index (χ2v) is 8.37. The zero-order valence-electron chi connectivity index (χ0n) is 8.61. The Bertz CT molecular complexity index is 254. The topological polar surface area (TPSA) is 0 Å². The number of hydrogen-bond acceptors (Lipinski definition) is 0.